The van der Waals surface area contributed by atoms with Gasteiger partial charge in [-0.2, -0.15) is 5.26 Å². The van der Waals surface area contributed by atoms with Gasteiger partial charge in [0.1, 0.15) is 5.69 Å². The Bertz CT molecular complexity index is 670. The Morgan fingerprint density at radius 2 is 2.25 bits per heavy atom. The van der Waals surface area contributed by atoms with Gasteiger partial charge in [-0.15, -0.1) is 0 Å². The van der Waals surface area contributed by atoms with Crippen molar-refractivity contribution in [1.29, 1.82) is 5.26 Å². The highest BCUT2D eigenvalue weighted by molar-refractivity contribution is 5.87. The highest BCUT2D eigenvalue weighted by Crippen LogP contribution is 2.24. The van der Waals surface area contributed by atoms with E-state index in [9.17, 15) is 4.79 Å². The molecule has 102 valence electrons. The number of hydrogen-bond acceptors (Lipinski definition) is 6. The summed E-state index contributed by atoms with van der Waals surface area (Å²) in [5.74, 6) is -0.367. The third-order valence-corrected chi connectivity index (χ3v) is 2.59. The molecule has 0 aliphatic heterocycles. The number of carbonyl (C=O) groups is 1. The Labute approximate surface area is 115 Å². The zero-order valence-corrected chi connectivity index (χ0v) is 11.0. The molecule has 0 amide bonds. The van der Waals surface area contributed by atoms with Gasteiger partial charge in [0.25, 0.3) is 0 Å². The first-order valence-corrected chi connectivity index (χ1v) is 5.77. The van der Waals surface area contributed by atoms with Crippen molar-refractivity contribution >= 4 is 5.97 Å². The summed E-state index contributed by atoms with van der Waals surface area (Å²) in [7, 11) is 2.75. The lowest BCUT2D eigenvalue weighted by atomic mass is 10.1. The lowest BCUT2D eigenvalue weighted by Crippen LogP contribution is -2.04. The number of oxazole rings is 1. The summed E-state index contributed by atoms with van der Waals surface area (Å²) in [5, 5.41) is 8.88. The molecule has 0 N–H and O–H groups in total. The van der Waals surface area contributed by atoms with Crippen LogP contribution in [0.25, 0.3) is 11.5 Å². The lowest BCUT2D eigenvalue weighted by molar-refractivity contribution is 0.0559. The van der Waals surface area contributed by atoms with E-state index in [-0.39, 0.29) is 18.3 Å². The predicted octanol–water partition coefficient (Wildman–Crippen LogP) is 2.15. The van der Waals surface area contributed by atoms with Gasteiger partial charge in [-0.05, 0) is 18.2 Å². The highest BCUT2D eigenvalue weighted by Gasteiger charge is 2.21. The largest absolute Gasteiger partial charge is 0.463 e. The minimum absolute atomic E-state index is 0.00621. The molecule has 0 fully saturated rings. The van der Waals surface area contributed by atoms with E-state index in [0.29, 0.717) is 16.8 Å². The number of ether oxygens (including phenoxy) is 2. The van der Waals surface area contributed by atoms with Crippen LogP contribution in [0.1, 0.15) is 21.8 Å². The minimum atomic E-state index is -0.618. The third kappa shape index (κ3) is 2.68. The van der Waals surface area contributed by atoms with Crippen molar-refractivity contribution in [3.05, 3.63) is 41.3 Å². The van der Waals surface area contributed by atoms with Gasteiger partial charge >= 0.3 is 5.97 Å². The first-order valence-electron chi connectivity index (χ1n) is 5.77. The van der Waals surface area contributed by atoms with E-state index in [1.54, 1.807) is 24.3 Å². The molecule has 0 radical (unpaired) electrons. The van der Waals surface area contributed by atoms with Crippen molar-refractivity contribution in [3.63, 3.8) is 0 Å². The van der Waals surface area contributed by atoms with E-state index < -0.39 is 5.97 Å². The zero-order chi connectivity index (χ0) is 14.5. The maximum Gasteiger partial charge on any atom is 0.376 e. The summed E-state index contributed by atoms with van der Waals surface area (Å²) in [6.45, 7) is 0.131. The van der Waals surface area contributed by atoms with E-state index in [1.807, 2.05) is 6.07 Å². The van der Waals surface area contributed by atoms with E-state index in [4.69, 9.17) is 14.4 Å². The summed E-state index contributed by atoms with van der Waals surface area (Å²) >= 11 is 0. The van der Waals surface area contributed by atoms with E-state index >= 15 is 0 Å². The standard InChI is InChI=1S/C14H12N2O4/c1-18-8-11-12(14(17)19-2)20-13(16-11)10-5-3-4-9(6-10)7-15/h3-6H,8H2,1-2H3. The van der Waals surface area contributed by atoms with Gasteiger partial charge in [0.15, 0.2) is 0 Å². The molecule has 20 heavy (non-hydrogen) atoms. The second-order valence-electron chi connectivity index (χ2n) is 3.91. The van der Waals surface area contributed by atoms with Crippen LogP contribution in [0.15, 0.2) is 28.7 Å². The fourth-order valence-corrected chi connectivity index (χ4v) is 1.68. The quantitative estimate of drug-likeness (QED) is 0.793. The SMILES string of the molecule is COCc1nc(-c2cccc(C#N)c2)oc1C(=O)OC. The van der Waals surface area contributed by atoms with Crippen molar-refractivity contribution in [2.75, 3.05) is 14.2 Å². The predicted molar refractivity (Wildman–Crippen MR) is 68.7 cm³/mol. The van der Waals surface area contributed by atoms with Crippen molar-refractivity contribution < 1.29 is 18.7 Å². The van der Waals surface area contributed by atoms with Gasteiger partial charge < -0.3 is 13.9 Å². The van der Waals surface area contributed by atoms with Crippen molar-refractivity contribution in [2.45, 2.75) is 6.61 Å². The summed E-state index contributed by atoms with van der Waals surface area (Å²) in [6.07, 6.45) is 0. The van der Waals surface area contributed by atoms with Gasteiger partial charge in [-0.25, -0.2) is 9.78 Å². The van der Waals surface area contributed by atoms with Crippen molar-refractivity contribution in [1.82, 2.24) is 4.98 Å². The number of nitrogens with zero attached hydrogens (tertiary/aromatic N) is 2. The van der Waals surface area contributed by atoms with Gasteiger partial charge in [0, 0.05) is 12.7 Å². The number of methoxy groups -OCH3 is 2. The van der Waals surface area contributed by atoms with E-state index in [1.165, 1.54) is 14.2 Å². The number of esters is 1. The Morgan fingerprint density at radius 3 is 2.90 bits per heavy atom. The molecular formula is C14H12N2O4. The molecule has 0 aliphatic carbocycles. The highest BCUT2D eigenvalue weighted by atomic mass is 16.5. The zero-order valence-electron chi connectivity index (χ0n) is 11.0. The molecular weight excluding hydrogens is 260 g/mol. The van der Waals surface area contributed by atoms with Crippen LogP contribution in [0.5, 0.6) is 0 Å². The molecule has 2 rings (SSSR count). The van der Waals surface area contributed by atoms with E-state index in [2.05, 4.69) is 9.72 Å². The summed E-state index contributed by atoms with van der Waals surface area (Å²) in [4.78, 5) is 15.8. The second-order valence-corrected chi connectivity index (χ2v) is 3.91. The van der Waals surface area contributed by atoms with Crippen LogP contribution in [-0.2, 0) is 16.1 Å². The maximum atomic E-state index is 11.6. The number of hydrogen-bond donors (Lipinski definition) is 0. The Morgan fingerprint density at radius 1 is 1.45 bits per heavy atom. The first kappa shape index (κ1) is 13.8. The number of nitriles is 1. The number of carbonyl (C=O) groups excluding carboxylic acids is 1. The third-order valence-electron chi connectivity index (χ3n) is 2.59. The summed E-state index contributed by atoms with van der Waals surface area (Å²) < 4.78 is 15.0. The Balaban J connectivity index is 2.47. The second kappa shape index (κ2) is 5.99. The van der Waals surface area contributed by atoms with E-state index in [0.717, 1.165) is 0 Å². The lowest BCUT2D eigenvalue weighted by Gasteiger charge is -1.96. The van der Waals surface area contributed by atoms with Crippen LogP contribution in [0.3, 0.4) is 0 Å². The fourth-order valence-electron chi connectivity index (χ4n) is 1.68. The average Bonchev–Trinajstić information content (AvgIpc) is 2.91. The van der Waals surface area contributed by atoms with Crippen LogP contribution in [0, 0.1) is 11.3 Å². The molecule has 2 aromatic rings. The first-order chi connectivity index (χ1) is 9.69. The summed E-state index contributed by atoms with van der Waals surface area (Å²) in [6, 6.07) is 8.79. The molecule has 0 aliphatic rings. The van der Waals surface area contributed by atoms with Gasteiger partial charge in [-0.1, -0.05) is 6.07 Å². The van der Waals surface area contributed by atoms with Crippen LogP contribution in [0.2, 0.25) is 0 Å². The molecule has 0 unspecified atom stereocenters. The maximum absolute atomic E-state index is 11.6. The molecule has 6 nitrogen and oxygen atoms in total. The number of benzene rings is 1. The summed E-state index contributed by atoms with van der Waals surface area (Å²) in [5.41, 5.74) is 1.45. The molecule has 1 aromatic carbocycles. The van der Waals surface area contributed by atoms with Gasteiger partial charge in [0.05, 0.1) is 25.3 Å². The molecule has 1 aromatic heterocycles. The minimum Gasteiger partial charge on any atom is -0.463 e. The van der Waals surface area contributed by atoms with Crippen molar-refractivity contribution in [2.24, 2.45) is 0 Å². The fraction of sp³-hybridized carbons (Fsp3) is 0.214. The molecule has 0 atom stereocenters. The Hall–Kier alpha value is -2.65. The topological polar surface area (TPSA) is 85.4 Å². The molecule has 1 heterocycles. The molecule has 0 bridgehead atoms. The van der Waals surface area contributed by atoms with Gasteiger partial charge in [-0.3, -0.25) is 0 Å². The number of aromatic nitrogens is 1. The van der Waals surface area contributed by atoms with Crippen LogP contribution in [-0.4, -0.2) is 25.2 Å². The monoisotopic (exact) mass is 272 g/mol. The van der Waals surface area contributed by atoms with Crippen LogP contribution >= 0.6 is 0 Å². The average molecular weight is 272 g/mol. The molecule has 0 saturated heterocycles. The number of rotatable bonds is 4. The van der Waals surface area contributed by atoms with Crippen LogP contribution in [0.4, 0.5) is 0 Å². The smallest absolute Gasteiger partial charge is 0.376 e. The van der Waals surface area contributed by atoms with Gasteiger partial charge in [0.2, 0.25) is 11.7 Å². The normalized spacial score (nSPS) is 10.1. The molecule has 0 saturated carbocycles. The molecule has 0 spiro atoms. The van der Waals surface area contributed by atoms with Crippen LogP contribution < -0.4 is 0 Å². The molecule has 6 heteroatoms. The van der Waals surface area contributed by atoms with Crippen molar-refractivity contribution in [3.8, 4) is 17.5 Å². The Kier molecular flexibility index (Phi) is 4.13.